The number of pyridine rings is 4. The summed E-state index contributed by atoms with van der Waals surface area (Å²) < 4.78 is 14.0. The maximum absolute atomic E-state index is 14.2. The first-order valence-corrected chi connectivity index (χ1v) is 18.8. The monoisotopic (exact) mass is 782 g/mol. The number of esters is 2. The standard InChI is InChI=1S/C42H34N6O10/c1-3-41(54)24-15-28-33-22(13-20-9-5-7-11-26(20)44-33)18-47(28)37(50)31(24)35(56-39(41)52)43-17-30(49)58-46-36-32-25(42(55,4-2)40(53)57-36)16-29-34-23(19-48(29)38(32)51)14-21-10-6-8-12-27(21)45-34/h5-16,35-36,43,46,54-55H,3-4,17-19H2,1-2H3/t35?,36?,41-,42-/m0/s1. The van der Waals surface area contributed by atoms with Crippen LogP contribution in [0.1, 0.15) is 72.5 Å². The second kappa shape index (κ2) is 12.7. The molecule has 292 valence electrons. The predicted octanol–water partition coefficient (Wildman–Crippen LogP) is 2.81. The van der Waals surface area contributed by atoms with Gasteiger partial charge in [0.2, 0.25) is 6.23 Å². The number of nitrogens with zero attached hydrogens (tertiary/aromatic N) is 4. The molecule has 10 rings (SSSR count). The molecule has 4 atom stereocenters. The van der Waals surface area contributed by atoms with Gasteiger partial charge in [-0.05, 0) is 49.2 Å². The van der Waals surface area contributed by atoms with Crippen molar-refractivity contribution in [3.8, 4) is 22.8 Å². The van der Waals surface area contributed by atoms with Crippen LogP contribution in [0.25, 0.3) is 44.6 Å². The molecule has 16 nitrogen and oxygen atoms in total. The van der Waals surface area contributed by atoms with Crippen LogP contribution < -0.4 is 21.9 Å². The zero-order chi connectivity index (χ0) is 40.2. The fraction of sp³-hybridized carbons (Fsp3) is 0.262. The van der Waals surface area contributed by atoms with Crippen LogP contribution in [0.3, 0.4) is 0 Å². The second-order valence-electron chi connectivity index (χ2n) is 14.8. The summed E-state index contributed by atoms with van der Waals surface area (Å²) in [7, 11) is 0. The molecule has 4 N–H and O–H groups in total. The van der Waals surface area contributed by atoms with E-state index in [2.05, 4.69) is 10.8 Å². The minimum Gasteiger partial charge on any atom is -0.440 e. The molecule has 2 aromatic carbocycles. The molecule has 0 aliphatic carbocycles. The van der Waals surface area contributed by atoms with Gasteiger partial charge in [0.15, 0.2) is 17.4 Å². The van der Waals surface area contributed by atoms with Crippen LogP contribution in [-0.4, -0.2) is 53.8 Å². The molecule has 4 aliphatic rings. The van der Waals surface area contributed by atoms with Crippen LogP contribution in [0.4, 0.5) is 0 Å². The summed E-state index contributed by atoms with van der Waals surface area (Å²) in [6.45, 7) is 2.86. The van der Waals surface area contributed by atoms with Crippen molar-refractivity contribution in [3.05, 3.63) is 127 Å². The number of cyclic esters (lactones) is 2. The van der Waals surface area contributed by atoms with Gasteiger partial charge in [-0.25, -0.2) is 24.4 Å². The Hall–Kier alpha value is -6.59. The summed E-state index contributed by atoms with van der Waals surface area (Å²) in [5.41, 5.74) is 1.64. The molecule has 0 fully saturated rings. The van der Waals surface area contributed by atoms with Gasteiger partial charge in [0.25, 0.3) is 11.1 Å². The SMILES string of the molecule is CC[C@@]1(O)C(=O)OC(NCC(=O)ONC2OC(=O)[C@](O)(CC)c3cc4n(c(=O)c32)Cc2cc3ccccc3nc2-4)c2c1cc1n(c2=O)Cc2cc3ccccc3nc2-1. The van der Waals surface area contributed by atoms with Gasteiger partial charge < -0.3 is 33.7 Å². The largest absolute Gasteiger partial charge is 0.440 e. The van der Waals surface area contributed by atoms with Crippen LogP contribution in [0, 0.1) is 0 Å². The molecule has 2 unspecified atom stereocenters. The lowest BCUT2D eigenvalue weighted by Gasteiger charge is -2.36. The Morgan fingerprint density at radius 3 is 1.71 bits per heavy atom. The number of carbonyl (C=O) groups excluding carboxylic acids is 3. The summed E-state index contributed by atoms with van der Waals surface area (Å²) >= 11 is 0. The number of hydroxylamine groups is 1. The molecular formula is C42H34N6O10. The average Bonchev–Trinajstić information content (AvgIpc) is 3.78. The molecule has 0 saturated carbocycles. The molecule has 0 radical (unpaired) electrons. The Kier molecular flexibility index (Phi) is 7.84. The summed E-state index contributed by atoms with van der Waals surface area (Å²) in [6, 6.07) is 22.0. The van der Waals surface area contributed by atoms with Crippen molar-refractivity contribution in [2.75, 3.05) is 6.54 Å². The van der Waals surface area contributed by atoms with Crippen molar-refractivity contribution in [2.24, 2.45) is 0 Å². The molecular weight excluding hydrogens is 748 g/mol. The van der Waals surface area contributed by atoms with E-state index in [0.717, 1.165) is 27.4 Å². The van der Waals surface area contributed by atoms with Crippen molar-refractivity contribution in [1.82, 2.24) is 29.9 Å². The molecule has 0 amide bonds. The van der Waals surface area contributed by atoms with Crippen molar-refractivity contribution < 1.29 is 38.9 Å². The van der Waals surface area contributed by atoms with Gasteiger partial charge >= 0.3 is 17.9 Å². The summed E-state index contributed by atoms with van der Waals surface area (Å²) in [4.78, 5) is 83.1. The Morgan fingerprint density at radius 1 is 0.741 bits per heavy atom. The normalized spacial score (nSPS) is 22.3. The molecule has 6 aromatic rings. The van der Waals surface area contributed by atoms with Crippen LogP contribution in [0.15, 0.2) is 82.4 Å². The number of para-hydroxylation sites is 2. The number of hydrogen-bond acceptors (Lipinski definition) is 14. The number of aliphatic hydroxyl groups is 2. The minimum atomic E-state index is -2.18. The topological polar surface area (TPSA) is 213 Å². The summed E-state index contributed by atoms with van der Waals surface area (Å²) in [5.74, 6) is -3.08. The summed E-state index contributed by atoms with van der Waals surface area (Å²) in [6.07, 6.45) is -3.29. The lowest BCUT2D eigenvalue weighted by atomic mass is 9.85. The van der Waals surface area contributed by atoms with Gasteiger partial charge in [-0.2, -0.15) is 0 Å². The minimum absolute atomic E-state index is 0.00965. The first kappa shape index (κ1) is 35.8. The number of benzene rings is 2. The zero-order valence-corrected chi connectivity index (χ0v) is 31.1. The highest BCUT2D eigenvalue weighted by Gasteiger charge is 2.51. The van der Waals surface area contributed by atoms with E-state index in [0.29, 0.717) is 28.3 Å². The van der Waals surface area contributed by atoms with E-state index in [4.69, 9.17) is 24.3 Å². The average molecular weight is 783 g/mol. The second-order valence-corrected chi connectivity index (χ2v) is 14.8. The Morgan fingerprint density at radius 2 is 1.21 bits per heavy atom. The van der Waals surface area contributed by atoms with E-state index in [1.54, 1.807) is 26.0 Å². The predicted molar refractivity (Wildman–Crippen MR) is 204 cm³/mol. The zero-order valence-electron chi connectivity index (χ0n) is 31.1. The van der Waals surface area contributed by atoms with E-state index >= 15 is 0 Å². The molecule has 4 aromatic heterocycles. The first-order valence-electron chi connectivity index (χ1n) is 18.8. The quantitative estimate of drug-likeness (QED) is 0.104. The number of hydrogen-bond donors (Lipinski definition) is 4. The van der Waals surface area contributed by atoms with Crippen molar-refractivity contribution in [3.63, 3.8) is 0 Å². The fourth-order valence-electron chi connectivity index (χ4n) is 8.54. The van der Waals surface area contributed by atoms with Crippen LogP contribution in [0.5, 0.6) is 0 Å². The molecule has 0 saturated heterocycles. The third kappa shape index (κ3) is 5.05. The van der Waals surface area contributed by atoms with Crippen LogP contribution >= 0.6 is 0 Å². The highest BCUT2D eigenvalue weighted by molar-refractivity contribution is 5.88. The molecule has 58 heavy (non-hydrogen) atoms. The third-order valence-electron chi connectivity index (χ3n) is 11.7. The Balaban J connectivity index is 0.924. The van der Waals surface area contributed by atoms with Crippen LogP contribution in [0.2, 0.25) is 0 Å². The van der Waals surface area contributed by atoms with Crippen molar-refractivity contribution >= 4 is 39.7 Å². The lowest BCUT2D eigenvalue weighted by molar-refractivity contribution is -0.194. The maximum Gasteiger partial charge on any atom is 0.344 e. The maximum atomic E-state index is 14.2. The number of aromatic nitrogens is 4. The molecule has 8 heterocycles. The van der Waals surface area contributed by atoms with Crippen molar-refractivity contribution in [1.29, 1.82) is 0 Å². The van der Waals surface area contributed by atoms with Gasteiger partial charge in [0.1, 0.15) is 0 Å². The van der Waals surface area contributed by atoms with E-state index < -0.39 is 59.2 Å². The molecule has 16 heteroatoms. The van der Waals surface area contributed by atoms with Crippen LogP contribution in [-0.2, 0) is 53.0 Å². The number of carbonyl (C=O) groups is 3. The van der Waals surface area contributed by atoms with Gasteiger partial charge in [-0.3, -0.25) is 14.9 Å². The fourth-order valence-corrected chi connectivity index (χ4v) is 8.54. The first-order chi connectivity index (χ1) is 27.9. The van der Waals surface area contributed by atoms with Gasteiger partial charge in [0.05, 0.1) is 64.6 Å². The number of rotatable bonds is 7. The van der Waals surface area contributed by atoms with Gasteiger partial charge in [-0.1, -0.05) is 50.2 Å². The van der Waals surface area contributed by atoms with E-state index in [9.17, 15) is 34.2 Å². The highest BCUT2D eigenvalue weighted by atomic mass is 16.7. The van der Waals surface area contributed by atoms with E-state index in [1.807, 2.05) is 60.7 Å². The number of fused-ring (bicyclic) bond motifs is 10. The summed E-state index contributed by atoms with van der Waals surface area (Å²) in [5, 5.41) is 27.6. The Bertz CT molecular complexity index is 2760. The highest BCUT2D eigenvalue weighted by Crippen LogP contribution is 2.43. The number of ether oxygens (including phenoxy) is 2. The van der Waals surface area contributed by atoms with E-state index in [-0.39, 0.29) is 48.2 Å². The van der Waals surface area contributed by atoms with E-state index in [1.165, 1.54) is 9.13 Å². The number of nitrogens with one attached hydrogen (secondary N) is 2. The lowest BCUT2D eigenvalue weighted by Crippen LogP contribution is -2.50. The molecule has 0 bridgehead atoms. The van der Waals surface area contributed by atoms with Gasteiger partial charge in [-0.15, -0.1) is 5.48 Å². The third-order valence-corrected chi connectivity index (χ3v) is 11.7. The molecule has 4 aliphatic heterocycles. The Labute approximate surface area is 327 Å². The van der Waals surface area contributed by atoms with Gasteiger partial charge in [0, 0.05) is 33.0 Å². The molecule has 0 spiro atoms. The smallest absolute Gasteiger partial charge is 0.344 e. The van der Waals surface area contributed by atoms with Crippen molar-refractivity contribution in [2.45, 2.75) is 63.4 Å².